The molecule has 4 rings (SSSR count). The van der Waals surface area contributed by atoms with Crippen LogP contribution in [0, 0.1) is 5.82 Å². The molecule has 0 saturated carbocycles. The number of anilines is 2. The number of hydrogen-bond donors (Lipinski definition) is 1. The molecule has 2 aromatic carbocycles. The molecule has 0 aliphatic carbocycles. The van der Waals surface area contributed by atoms with E-state index in [4.69, 9.17) is 4.74 Å². The Labute approximate surface area is 138 Å². The third kappa shape index (κ3) is 2.31. The Kier molecular flexibility index (Phi) is 3.26. The maximum Gasteiger partial charge on any atom is 0.265 e. The van der Waals surface area contributed by atoms with E-state index in [1.165, 1.54) is 6.07 Å². The number of halogens is 1. The second kappa shape index (κ2) is 5.33. The second-order valence-corrected chi connectivity index (χ2v) is 6.00. The lowest BCUT2D eigenvalue weighted by Gasteiger charge is -2.13. The lowest BCUT2D eigenvalue weighted by molar-refractivity contribution is -0.122. The Morgan fingerprint density at radius 1 is 1.29 bits per heavy atom. The summed E-state index contributed by atoms with van der Waals surface area (Å²) in [6.07, 6.45) is -0.0912. The molecule has 0 unspecified atom stereocenters. The fraction of sp³-hybridized carbons (Fsp3) is 0.222. The van der Waals surface area contributed by atoms with E-state index >= 15 is 0 Å². The lowest BCUT2D eigenvalue weighted by Crippen LogP contribution is -2.31. The van der Waals surface area contributed by atoms with Gasteiger partial charge in [0.25, 0.3) is 5.91 Å². The molecule has 5 nitrogen and oxygen atoms in total. The highest BCUT2D eigenvalue weighted by Crippen LogP contribution is 2.33. The van der Waals surface area contributed by atoms with Crippen molar-refractivity contribution in [3.05, 3.63) is 53.3 Å². The van der Waals surface area contributed by atoms with Crippen molar-refractivity contribution < 1.29 is 18.7 Å². The largest absolute Gasteiger partial charge is 0.477 e. The van der Waals surface area contributed by atoms with Crippen molar-refractivity contribution >= 4 is 23.2 Å². The van der Waals surface area contributed by atoms with Crippen molar-refractivity contribution in [2.75, 3.05) is 17.3 Å². The van der Waals surface area contributed by atoms with Crippen molar-refractivity contribution in [3.63, 3.8) is 0 Å². The molecule has 0 fully saturated rings. The Bertz CT molecular complexity index is 865. The van der Waals surface area contributed by atoms with Gasteiger partial charge >= 0.3 is 0 Å². The van der Waals surface area contributed by atoms with Crippen molar-refractivity contribution in [3.8, 4) is 5.75 Å². The van der Waals surface area contributed by atoms with Gasteiger partial charge in [-0.1, -0.05) is 12.1 Å². The molecule has 24 heavy (non-hydrogen) atoms. The normalized spacial score (nSPS) is 18.2. The number of amides is 2. The number of para-hydroxylation sites is 1. The highest BCUT2D eigenvalue weighted by atomic mass is 19.1. The molecule has 2 aliphatic heterocycles. The van der Waals surface area contributed by atoms with Gasteiger partial charge in [-0.2, -0.15) is 0 Å². The number of rotatable bonds is 2. The zero-order chi connectivity index (χ0) is 16.8. The van der Waals surface area contributed by atoms with Gasteiger partial charge in [0.2, 0.25) is 5.91 Å². The summed E-state index contributed by atoms with van der Waals surface area (Å²) in [6.45, 7) is 0. The fourth-order valence-corrected chi connectivity index (χ4v) is 3.15. The van der Waals surface area contributed by atoms with Crippen molar-refractivity contribution in [1.82, 2.24) is 0 Å². The van der Waals surface area contributed by atoms with E-state index < -0.39 is 11.9 Å². The van der Waals surface area contributed by atoms with Crippen LogP contribution in [0.1, 0.15) is 11.1 Å². The SMILES string of the molecule is CN1C(=O)Cc2cc(NC(=O)[C@@H]3Cc4cccc(F)c4O3)ccc21. The number of hydrogen-bond acceptors (Lipinski definition) is 3. The summed E-state index contributed by atoms with van der Waals surface area (Å²) in [5.74, 6) is -0.609. The molecule has 1 N–H and O–H groups in total. The lowest BCUT2D eigenvalue weighted by atomic mass is 10.1. The van der Waals surface area contributed by atoms with Crippen LogP contribution in [0.5, 0.6) is 5.75 Å². The number of ether oxygens (including phenoxy) is 1. The third-order valence-electron chi connectivity index (χ3n) is 4.43. The van der Waals surface area contributed by atoms with E-state index in [-0.39, 0.29) is 17.6 Å². The number of fused-ring (bicyclic) bond motifs is 2. The van der Waals surface area contributed by atoms with Crippen LogP contribution in [-0.2, 0) is 22.4 Å². The first-order chi connectivity index (χ1) is 11.5. The van der Waals surface area contributed by atoms with Crippen LogP contribution in [0.15, 0.2) is 36.4 Å². The van der Waals surface area contributed by atoms with Gasteiger partial charge in [-0.25, -0.2) is 4.39 Å². The quantitative estimate of drug-likeness (QED) is 0.921. The van der Waals surface area contributed by atoms with Gasteiger partial charge in [-0.3, -0.25) is 9.59 Å². The first kappa shape index (κ1) is 14.7. The summed E-state index contributed by atoms with van der Waals surface area (Å²) < 4.78 is 19.1. The molecule has 0 aromatic heterocycles. The Morgan fingerprint density at radius 2 is 2.12 bits per heavy atom. The summed E-state index contributed by atoms with van der Waals surface area (Å²) in [5, 5.41) is 2.78. The molecule has 0 saturated heterocycles. The molecule has 2 amide bonds. The fourth-order valence-electron chi connectivity index (χ4n) is 3.15. The minimum atomic E-state index is -0.755. The molecule has 2 heterocycles. The Balaban J connectivity index is 1.49. The monoisotopic (exact) mass is 326 g/mol. The molecule has 0 bridgehead atoms. The standard InChI is InChI=1S/C18H15FN2O3/c1-21-14-6-5-12(7-11(14)9-16(21)22)20-18(23)15-8-10-3-2-4-13(19)17(10)24-15/h2-7,15H,8-9H2,1H3,(H,20,23)/t15-/m0/s1. The van der Waals surface area contributed by atoms with E-state index in [1.807, 2.05) is 0 Å². The number of carbonyl (C=O) groups is 2. The van der Waals surface area contributed by atoms with Gasteiger partial charge in [0.1, 0.15) is 0 Å². The van der Waals surface area contributed by atoms with Crippen LogP contribution in [-0.4, -0.2) is 25.0 Å². The molecule has 2 aromatic rings. The van der Waals surface area contributed by atoms with Crippen molar-refractivity contribution in [2.45, 2.75) is 18.9 Å². The average Bonchev–Trinajstić information content (AvgIpc) is 3.11. The number of nitrogens with zero attached hydrogens (tertiary/aromatic N) is 1. The Morgan fingerprint density at radius 3 is 2.92 bits per heavy atom. The minimum absolute atomic E-state index is 0.0264. The highest BCUT2D eigenvalue weighted by molar-refractivity contribution is 6.02. The van der Waals surface area contributed by atoms with Crippen LogP contribution >= 0.6 is 0 Å². The zero-order valence-electron chi connectivity index (χ0n) is 13.0. The van der Waals surface area contributed by atoms with Gasteiger partial charge in [-0.15, -0.1) is 0 Å². The van der Waals surface area contributed by atoms with Crippen molar-refractivity contribution in [2.24, 2.45) is 0 Å². The van der Waals surface area contributed by atoms with Gasteiger partial charge in [0, 0.05) is 30.4 Å². The molecule has 2 aliphatic rings. The third-order valence-corrected chi connectivity index (χ3v) is 4.43. The highest BCUT2D eigenvalue weighted by Gasteiger charge is 2.31. The summed E-state index contributed by atoms with van der Waals surface area (Å²) in [4.78, 5) is 25.7. The summed E-state index contributed by atoms with van der Waals surface area (Å²) in [7, 11) is 1.73. The van der Waals surface area contributed by atoms with Gasteiger partial charge in [0.05, 0.1) is 6.42 Å². The van der Waals surface area contributed by atoms with E-state index in [1.54, 1.807) is 42.3 Å². The molecule has 1 atom stereocenters. The van der Waals surface area contributed by atoms with Crippen LogP contribution in [0.2, 0.25) is 0 Å². The molecule has 122 valence electrons. The summed E-state index contributed by atoms with van der Waals surface area (Å²) in [5.41, 5.74) is 3.02. The van der Waals surface area contributed by atoms with E-state index in [0.29, 0.717) is 24.1 Å². The maximum absolute atomic E-state index is 13.7. The average molecular weight is 326 g/mol. The molecule has 0 spiro atoms. The van der Waals surface area contributed by atoms with Gasteiger partial charge in [-0.05, 0) is 29.8 Å². The zero-order valence-corrected chi connectivity index (χ0v) is 13.0. The van der Waals surface area contributed by atoms with E-state index in [2.05, 4.69) is 5.32 Å². The predicted octanol–water partition coefficient (Wildman–Crippen LogP) is 2.29. The maximum atomic E-state index is 13.7. The number of nitrogens with one attached hydrogen (secondary N) is 1. The smallest absolute Gasteiger partial charge is 0.265 e. The van der Waals surface area contributed by atoms with Gasteiger partial charge < -0.3 is 15.0 Å². The Hall–Kier alpha value is -2.89. The molecule has 6 heteroatoms. The minimum Gasteiger partial charge on any atom is -0.477 e. The number of carbonyl (C=O) groups excluding carboxylic acids is 2. The van der Waals surface area contributed by atoms with E-state index in [9.17, 15) is 14.0 Å². The van der Waals surface area contributed by atoms with E-state index in [0.717, 1.165) is 11.3 Å². The molecule has 0 radical (unpaired) electrons. The van der Waals surface area contributed by atoms with Crippen LogP contribution in [0.25, 0.3) is 0 Å². The number of benzene rings is 2. The summed E-state index contributed by atoms with van der Waals surface area (Å²) in [6, 6.07) is 10.0. The first-order valence-electron chi connectivity index (χ1n) is 7.67. The van der Waals surface area contributed by atoms with Crippen LogP contribution < -0.4 is 15.0 Å². The topological polar surface area (TPSA) is 58.6 Å². The summed E-state index contributed by atoms with van der Waals surface area (Å²) >= 11 is 0. The van der Waals surface area contributed by atoms with Crippen LogP contribution in [0.3, 0.4) is 0 Å². The number of likely N-dealkylation sites (N-methyl/N-ethyl adjacent to an activating group) is 1. The molecular formula is C18H15FN2O3. The van der Waals surface area contributed by atoms with Crippen LogP contribution in [0.4, 0.5) is 15.8 Å². The first-order valence-corrected chi connectivity index (χ1v) is 7.67. The molecular weight excluding hydrogens is 311 g/mol. The van der Waals surface area contributed by atoms with Gasteiger partial charge in [0.15, 0.2) is 17.7 Å². The predicted molar refractivity (Wildman–Crippen MR) is 86.7 cm³/mol. The second-order valence-electron chi connectivity index (χ2n) is 6.00. The van der Waals surface area contributed by atoms with Crippen molar-refractivity contribution in [1.29, 1.82) is 0 Å².